The van der Waals surface area contributed by atoms with Gasteiger partial charge in [0.15, 0.2) is 0 Å². The summed E-state index contributed by atoms with van der Waals surface area (Å²) in [5.74, 6) is 0.877. The van der Waals surface area contributed by atoms with Crippen LogP contribution in [0.15, 0.2) is 18.2 Å². The van der Waals surface area contributed by atoms with E-state index in [9.17, 15) is 4.79 Å². The van der Waals surface area contributed by atoms with Crippen LogP contribution in [0.3, 0.4) is 0 Å². The number of ether oxygens (including phenoxy) is 1. The summed E-state index contributed by atoms with van der Waals surface area (Å²) < 4.78 is 5.21. The maximum atomic E-state index is 11.1. The molecule has 1 N–H and O–H groups in total. The molecule has 0 aliphatic heterocycles. The maximum absolute atomic E-state index is 11.1. The van der Waals surface area contributed by atoms with Gasteiger partial charge in [-0.15, -0.1) is 0 Å². The van der Waals surface area contributed by atoms with Crippen LogP contribution in [0.25, 0.3) is 0 Å². The summed E-state index contributed by atoms with van der Waals surface area (Å²) in [5.41, 5.74) is 2.21. The lowest BCUT2D eigenvalue weighted by atomic mass is 10.0. The lowest BCUT2D eigenvalue weighted by molar-refractivity contribution is -0.119. The molecule has 3 heteroatoms. The summed E-state index contributed by atoms with van der Waals surface area (Å²) in [6.07, 6.45) is 0.880. The van der Waals surface area contributed by atoms with Gasteiger partial charge < -0.3 is 10.1 Å². The van der Waals surface area contributed by atoms with Crippen LogP contribution in [0.5, 0.6) is 5.75 Å². The lowest BCUT2D eigenvalue weighted by Gasteiger charge is -2.17. The minimum Gasteiger partial charge on any atom is -0.496 e. The van der Waals surface area contributed by atoms with Crippen molar-refractivity contribution in [2.24, 2.45) is 0 Å². The first kappa shape index (κ1) is 12.6. The Balaban J connectivity index is 2.93. The van der Waals surface area contributed by atoms with Crippen molar-refractivity contribution in [2.45, 2.75) is 33.2 Å². The number of benzene rings is 1. The van der Waals surface area contributed by atoms with Crippen molar-refractivity contribution in [3.8, 4) is 5.75 Å². The van der Waals surface area contributed by atoms with Gasteiger partial charge in [0, 0.05) is 6.92 Å². The van der Waals surface area contributed by atoms with Gasteiger partial charge in [-0.3, -0.25) is 4.79 Å². The van der Waals surface area contributed by atoms with E-state index in [1.54, 1.807) is 14.0 Å². The second kappa shape index (κ2) is 5.54. The van der Waals surface area contributed by atoms with E-state index in [0.717, 1.165) is 23.3 Å². The van der Waals surface area contributed by atoms with Crippen LogP contribution in [-0.2, 0) is 4.79 Å². The van der Waals surface area contributed by atoms with E-state index < -0.39 is 0 Å². The Bertz CT molecular complexity index is 374. The number of methoxy groups -OCH3 is 1. The van der Waals surface area contributed by atoms with Crippen LogP contribution >= 0.6 is 0 Å². The van der Waals surface area contributed by atoms with Gasteiger partial charge in [0.2, 0.25) is 5.91 Å². The van der Waals surface area contributed by atoms with Crippen molar-refractivity contribution in [1.82, 2.24) is 5.32 Å². The zero-order valence-corrected chi connectivity index (χ0v) is 10.3. The van der Waals surface area contributed by atoms with E-state index in [-0.39, 0.29) is 11.9 Å². The largest absolute Gasteiger partial charge is 0.496 e. The first-order valence-corrected chi connectivity index (χ1v) is 5.50. The van der Waals surface area contributed by atoms with Gasteiger partial charge in [0.1, 0.15) is 5.75 Å². The Labute approximate surface area is 96.8 Å². The maximum Gasteiger partial charge on any atom is 0.217 e. The van der Waals surface area contributed by atoms with Crippen molar-refractivity contribution in [3.05, 3.63) is 29.3 Å². The van der Waals surface area contributed by atoms with Gasteiger partial charge in [0.05, 0.1) is 13.2 Å². The molecular formula is C13H19NO2. The number of rotatable bonds is 4. The number of carbonyl (C=O) groups is 1. The molecule has 0 aliphatic carbocycles. The van der Waals surface area contributed by atoms with E-state index in [1.807, 2.05) is 19.1 Å². The standard InChI is InChI=1S/C13H19NO2/c1-5-12(14-10(3)15)11-6-7-13(16-4)9(2)8-11/h6-8,12H,5H2,1-4H3,(H,14,15). The van der Waals surface area contributed by atoms with Crippen LogP contribution in [0.1, 0.15) is 37.4 Å². The van der Waals surface area contributed by atoms with E-state index in [4.69, 9.17) is 4.74 Å². The number of hydrogen-bond acceptors (Lipinski definition) is 2. The third-order valence-corrected chi connectivity index (χ3v) is 2.61. The summed E-state index contributed by atoms with van der Waals surface area (Å²) >= 11 is 0. The monoisotopic (exact) mass is 221 g/mol. The van der Waals surface area contributed by atoms with E-state index in [0.29, 0.717) is 0 Å². The van der Waals surface area contributed by atoms with Gasteiger partial charge in [-0.25, -0.2) is 0 Å². The molecule has 0 radical (unpaired) electrons. The molecule has 0 aromatic heterocycles. The van der Waals surface area contributed by atoms with Gasteiger partial charge in [0.25, 0.3) is 0 Å². The third kappa shape index (κ3) is 2.99. The van der Waals surface area contributed by atoms with Gasteiger partial charge in [-0.05, 0) is 30.5 Å². The number of carbonyl (C=O) groups excluding carboxylic acids is 1. The van der Waals surface area contributed by atoms with Gasteiger partial charge >= 0.3 is 0 Å². The first-order valence-electron chi connectivity index (χ1n) is 5.50. The average molecular weight is 221 g/mol. The Hall–Kier alpha value is -1.51. The van der Waals surface area contributed by atoms with E-state index in [2.05, 4.69) is 18.3 Å². The van der Waals surface area contributed by atoms with Crippen LogP contribution < -0.4 is 10.1 Å². The Morgan fingerprint density at radius 1 is 1.50 bits per heavy atom. The first-order chi connectivity index (χ1) is 7.58. The fourth-order valence-electron chi connectivity index (χ4n) is 1.78. The van der Waals surface area contributed by atoms with Crippen LogP contribution in [0, 0.1) is 6.92 Å². The average Bonchev–Trinajstić information content (AvgIpc) is 2.25. The number of aryl methyl sites for hydroxylation is 1. The Kier molecular flexibility index (Phi) is 4.35. The van der Waals surface area contributed by atoms with Crippen LogP contribution in [0.2, 0.25) is 0 Å². The fraction of sp³-hybridized carbons (Fsp3) is 0.462. The summed E-state index contributed by atoms with van der Waals surface area (Å²) in [5, 5.41) is 2.93. The summed E-state index contributed by atoms with van der Waals surface area (Å²) in [4.78, 5) is 11.1. The second-order valence-electron chi connectivity index (χ2n) is 3.89. The highest BCUT2D eigenvalue weighted by Crippen LogP contribution is 2.24. The lowest BCUT2D eigenvalue weighted by Crippen LogP contribution is -2.25. The molecule has 3 nitrogen and oxygen atoms in total. The van der Waals surface area contributed by atoms with Crippen molar-refractivity contribution < 1.29 is 9.53 Å². The molecule has 1 rings (SSSR count). The molecule has 0 bridgehead atoms. The van der Waals surface area contributed by atoms with E-state index in [1.165, 1.54) is 0 Å². The van der Waals surface area contributed by atoms with Crippen LogP contribution in [-0.4, -0.2) is 13.0 Å². The Morgan fingerprint density at radius 3 is 2.62 bits per heavy atom. The molecule has 0 heterocycles. The molecular weight excluding hydrogens is 202 g/mol. The number of amides is 1. The molecule has 0 saturated heterocycles. The molecule has 0 aliphatic rings. The molecule has 1 unspecified atom stereocenters. The SMILES string of the molecule is CCC(NC(C)=O)c1ccc(OC)c(C)c1. The number of nitrogens with one attached hydrogen (secondary N) is 1. The molecule has 1 aromatic rings. The molecule has 16 heavy (non-hydrogen) atoms. The normalized spacial score (nSPS) is 12.0. The summed E-state index contributed by atoms with van der Waals surface area (Å²) in [7, 11) is 1.66. The molecule has 1 amide bonds. The highest BCUT2D eigenvalue weighted by atomic mass is 16.5. The highest BCUT2D eigenvalue weighted by molar-refractivity contribution is 5.73. The fourth-order valence-corrected chi connectivity index (χ4v) is 1.78. The van der Waals surface area contributed by atoms with E-state index >= 15 is 0 Å². The quantitative estimate of drug-likeness (QED) is 0.848. The van der Waals surface area contributed by atoms with Gasteiger partial charge in [-0.2, -0.15) is 0 Å². The van der Waals surface area contributed by atoms with Crippen molar-refractivity contribution in [1.29, 1.82) is 0 Å². The minimum atomic E-state index is 0.000297. The van der Waals surface area contributed by atoms with Crippen molar-refractivity contribution >= 4 is 5.91 Å². The topological polar surface area (TPSA) is 38.3 Å². The van der Waals surface area contributed by atoms with Gasteiger partial charge in [-0.1, -0.05) is 19.1 Å². The summed E-state index contributed by atoms with van der Waals surface area (Å²) in [6, 6.07) is 6.08. The molecule has 1 aromatic carbocycles. The van der Waals surface area contributed by atoms with Crippen LogP contribution in [0.4, 0.5) is 0 Å². The number of hydrogen-bond donors (Lipinski definition) is 1. The third-order valence-electron chi connectivity index (χ3n) is 2.61. The van der Waals surface area contributed by atoms with Crippen molar-refractivity contribution in [3.63, 3.8) is 0 Å². The molecule has 0 fully saturated rings. The smallest absolute Gasteiger partial charge is 0.217 e. The highest BCUT2D eigenvalue weighted by Gasteiger charge is 2.11. The zero-order chi connectivity index (χ0) is 12.1. The molecule has 0 spiro atoms. The Morgan fingerprint density at radius 2 is 2.19 bits per heavy atom. The molecule has 1 atom stereocenters. The summed E-state index contributed by atoms with van der Waals surface area (Å²) in [6.45, 7) is 5.60. The van der Waals surface area contributed by atoms with Crippen molar-refractivity contribution in [2.75, 3.05) is 7.11 Å². The molecule has 88 valence electrons. The predicted molar refractivity (Wildman–Crippen MR) is 64.6 cm³/mol. The predicted octanol–water partition coefficient (Wildman–Crippen LogP) is 2.59. The molecule has 0 saturated carbocycles. The minimum absolute atomic E-state index is 0.000297. The zero-order valence-electron chi connectivity index (χ0n) is 10.3. The second-order valence-corrected chi connectivity index (χ2v) is 3.89.